The summed E-state index contributed by atoms with van der Waals surface area (Å²) in [6.07, 6.45) is 7.82. The van der Waals surface area contributed by atoms with Crippen molar-refractivity contribution >= 4 is 11.9 Å². The fourth-order valence-electron chi connectivity index (χ4n) is 3.94. The summed E-state index contributed by atoms with van der Waals surface area (Å²) in [6, 6.07) is 8.06. The number of amides is 3. The molecule has 2 atom stereocenters. The van der Waals surface area contributed by atoms with Crippen LogP contribution in [0.2, 0.25) is 0 Å². The van der Waals surface area contributed by atoms with Crippen LogP contribution in [0.1, 0.15) is 57.4 Å². The van der Waals surface area contributed by atoms with Crippen LogP contribution < -0.4 is 20.3 Å². The molecule has 0 bridgehead atoms. The van der Waals surface area contributed by atoms with Gasteiger partial charge in [0.15, 0.2) is 6.04 Å². The van der Waals surface area contributed by atoms with E-state index in [9.17, 15) is 9.59 Å². The Morgan fingerprint density at radius 2 is 1.78 bits per heavy atom. The van der Waals surface area contributed by atoms with E-state index in [0.29, 0.717) is 6.04 Å². The molecule has 2 aliphatic rings. The van der Waals surface area contributed by atoms with Gasteiger partial charge in [-0.2, -0.15) is 0 Å². The van der Waals surface area contributed by atoms with Gasteiger partial charge in [-0.15, -0.1) is 0 Å². The first-order valence-electron chi connectivity index (χ1n) is 10.2. The van der Waals surface area contributed by atoms with Gasteiger partial charge in [0.2, 0.25) is 0 Å². The molecule has 2 aliphatic carbocycles. The highest BCUT2D eigenvalue weighted by molar-refractivity contribution is 5.96. The summed E-state index contributed by atoms with van der Waals surface area (Å²) in [6.45, 7) is 2.69. The van der Waals surface area contributed by atoms with E-state index in [1.165, 1.54) is 16.9 Å². The van der Waals surface area contributed by atoms with Crippen molar-refractivity contribution in [2.75, 3.05) is 7.11 Å². The van der Waals surface area contributed by atoms with Crippen molar-refractivity contribution in [3.8, 4) is 5.75 Å². The zero-order valence-electron chi connectivity index (χ0n) is 16.4. The first-order chi connectivity index (χ1) is 13.1. The number of ether oxygens (including phenoxy) is 1. The summed E-state index contributed by atoms with van der Waals surface area (Å²) in [4.78, 5) is 26.1. The fourth-order valence-corrected chi connectivity index (χ4v) is 3.94. The van der Waals surface area contributed by atoms with Crippen molar-refractivity contribution in [2.45, 2.75) is 76.5 Å². The summed E-state index contributed by atoms with van der Waals surface area (Å²) in [7, 11) is 1.65. The van der Waals surface area contributed by atoms with Gasteiger partial charge in [-0.25, -0.2) is 4.79 Å². The third kappa shape index (κ3) is 5.70. The van der Waals surface area contributed by atoms with Gasteiger partial charge in [0, 0.05) is 24.4 Å². The van der Waals surface area contributed by atoms with Crippen LogP contribution in [0.25, 0.3) is 0 Å². The number of hydrogen-bond donors (Lipinski definition) is 3. The minimum Gasteiger partial charge on any atom is -0.497 e. The van der Waals surface area contributed by atoms with Crippen molar-refractivity contribution in [1.29, 1.82) is 0 Å². The summed E-state index contributed by atoms with van der Waals surface area (Å²) < 4.78 is 5.21. The average molecular weight is 375 g/mol. The normalized spacial score (nSPS) is 19.8. The van der Waals surface area contributed by atoms with E-state index in [0.717, 1.165) is 50.8 Å². The van der Waals surface area contributed by atoms with Crippen molar-refractivity contribution in [3.63, 3.8) is 0 Å². The Balaban J connectivity index is 1.54. The van der Waals surface area contributed by atoms with E-state index in [1.54, 1.807) is 7.11 Å². The number of carbonyl (C=O) groups is 2. The van der Waals surface area contributed by atoms with Crippen molar-refractivity contribution in [1.82, 2.24) is 10.6 Å². The Labute approximate surface area is 161 Å². The number of imide groups is 1. The molecule has 27 heavy (non-hydrogen) atoms. The van der Waals surface area contributed by atoms with Gasteiger partial charge in [0.05, 0.1) is 13.2 Å². The van der Waals surface area contributed by atoms with Crippen LogP contribution in [-0.2, 0) is 11.3 Å². The number of hydrogen-bond acceptors (Lipinski definition) is 3. The van der Waals surface area contributed by atoms with Gasteiger partial charge in [-0.05, 0) is 44.0 Å². The molecule has 0 heterocycles. The maximum absolute atomic E-state index is 12.6. The summed E-state index contributed by atoms with van der Waals surface area (Å²) in [5, 5.41) is 5.52. The first-order valence-corrected chi connectivity index (χ1v) is 10.2. The molecule has 0 saturated heterocycles. The second-order valence-corrected chi connectivity index (χ2v) is 7.89. The molecule has 2 saturated carbocycles. The number of quaternary nitrogens is 1. The van der Waals surface area contributed by atoms with Crippen LogP contribution in [0, 0.1) is 0 Å². The third-order valence-electron chi connectivity index (χ3n) is 5.80. The SMILES string of the molecule is COc1ccc(C[NH+](C2CC2)[C@@H](C)C(=O)NC(=O)NC2CCCCC2)cc1. The van der Waals surface area contributed by atoms with Crippen LogP contribution in [0.15, 0.2) is 24.3 Å². The monoisotopic (exact) mass is 374 g/mol. The maximum atomic E-state index is 12.6. The highest BCUT2D eigenvalue weighted by Crippen LogP contribution is 2.18. The molecule has 0 aromatic heterocycles. The van der Waals surface area contributed by atoms with Gasteiger partial charge in [0.25, 0.3) is 5.91 Å². The number of benzene rings is 1. The van der Waals surface area contributed by atoms with Crippen LogP contribution in [0.3, 0.4) is 0 Å². The number of nitrogens with one attached hydrogen (secondary N) is 3. The lowest BCUT2D eigenvalue weighted by Crippen LogP contribution is -3.16. The summed E-state index contributed by atoms with van der Waals surface area (Å²) in [5.74, 6) is 0.635. The molecule has 2 fully saturated rings. The largest absolute Gasteiger partial charge is 0.497 e. The molecule has 148 valence electrons. The highest BCUT2D eigenvalue weighted by atomic mass is 16.5. The second kappa shape index (κ2) is 9.22. The molecule has 3 rings (SSSR count). The molecule has 0 radical (unpaired) electrons. The molecule has 6 heteroatoms. The van der Waals surface area contributed by atoms with Crippen LogP contribution in [0.5, 0.6) is 5.75 Å². The van der Waals surface area contributed by atoms with Gasteiger partial charge >= 0.3 is 6.03 Å². The molecule has 6 nitrogen and oxygen atoms in total. The Kier molecular flexibility index (Phi) is 6.72. The first kappa shape index (κ1) is 19.7. The topological polar surface area (TPSA) is 71.9 Å². The van der Waals surface area contributed by atoms with Gasteiger partial charge in [0.1, 0.15) is 12.3 Å². The average Bonchev–Trinajstić information content (AvgIpc) is 3.51. The zero-order valence-corrected chi connectivity index (χ0v) is 16.4. The van der Waals surface area contributed by atoms with E-state index >= 15 is 0 Å². The summed E-state index contributed by atoms with van der Waals surface area (Å²) in [5.41, 5.74) is 1.17. The molecular formula is C21H32N3O3+. The Morgan fingerprint density at radius 3 is 2.37 bits per heavy atom. The number of rotatable bonds is 7. The molecule has 1 aromatic rings. The van der Waals surface area contributed by atoms with Crippen LogP contribution in [-0.4, -0.2) is 37.2 Å². The molecular weight excluding hydrogens is 342 g/mol. The number of methoxy groups -OCH3 is 1. The number of carbonyl (C=O) groups excluding carboxylic acids is 2. The minimum absolute atomic E-state index is 0.196. The molecule has 3 amide bonds. The predicted octanol–water partition coefficient (Wildman–Crippen LogP) is 1.79. The second-order valence-electron chi connectivity index (χ2n) is 7.89. The smallest absolute Gasteiger partial charge is 0.321 e. The lowest BCUT2D eigenvalue weighted by atomic mass is 9.96. The zero-order chi connectivity index (χ0) is 19.2. The van der Waals surface area contributed by atoms with E-state index in [2.05, 4.69) is 10.6 Å². The lowest BCUT2D eigenvalue weighted by Gasteiger charge is -2.26. The summed E-state index contributed by atoms with van der Waals surface area (Å²) >= 11 is 0. The van der Waals surface area contributed by atoms with Gasteiger partial charge in [-0.1, -0.05) is 19.3 Å². The van der Waals surface area contributed by atoms with E-state index < -0.39 is 0 Å². The predicted molar refractivity (Wildman–Crippen MR) is 104 cm³/mol. The molecule has 3 N–H and O–H groups in total. The van der Waals surface area contributed by atoms with Crippen molar-refractivity contribution < 1.29 is 19.2 Å². The van der Waals surface area contributed by atoms with E-state index in [4.69, 9.17) is 4.74 Å². The van der Waals surface area contributed by atoms with Crippen molar-refractivity contribution in [2.24, 2.45) is 0 Å². The Bertz CT molecular complexity index is 637. The minimum atomic E-state index is -0.349. The Morgan fingerprint density at radius 1 is 1.11 bits per heavy atom. The van der Waals surface area contributed by atoms with E-state index in [-0.39, 0.29) is 24.0 Å². The lowest BCUT2D eigenvalue weighted by molar-refractivity contribution is -0.938. The third-order valence-corrected chi connectivity index (χ3v) is 5.80. The van der Waals surface area contributed by atoms with Crippen molar-refractivity contribution in [3.05, 3.63) is 29.8 Å². The van der Waals surface area contributed by atoms with Gasteiger partial charge in [-0.3, -0.25) is 10.1 Å². The van der Waals surface area contributed by atoms with Crippen LogP contribution >= 0.6 is 0 Å². The quantitative estimate of drug-likeness (QED) is 0.681. The maximum Gasteiger partial charge on any atom is 0.321 e. The van der Waals surface area contributed by atoms with Gasteiger partial charge < -0.3 is 15.0 Å². The standard InChI is InChI=1S/C21H31N3O3/c1-15(20(25)23-21(26)22-17-6-4-3-5-7-17)24(18-10-11-18)14-16-8-12-19(27-2)13-9-16/h8-9,12-13,15,17-18H,3-7,10-11,14H2,1-2H3,(H2,22,23,25,26)/p+1/t15-/m0/s1. The van der Waals surface area contributed by atoms with E-state index in [1.807, 2.05) is 31.2 Å². The fraction of sp³-hybridized carbons (Fsp3) is 0.619. The molecule has 1 unspecified atom stereocenters. The number of urea groups is 1. The Hall–Kier alpha value is -2.08. The molecule has 0 aliphatic heterocycles. The molecule has 0 spiro atoms. The van der Waals surface area contributed by atoms with Crippen LogP contribution in [0.4, 0.5) is 4.79 Å². The molecule has 1 aromatic carbocycles. The highest BCUT2D eigenvalue weighted by Gasteiger charge is 2.39.